The summed E-state index contributed by atoms with van der Waals surface area (Å²) in [5.41, 5.74) is 5.50. The molecule has 0 aromatic heterocycles. The molecule has 1 heterocycles. The Bertz CT molecular complexity index is 867. The number of benzene rings is 2. The molecule has 1 amide bonds. The first-order valence-corrected chi connectivity index (χ1v) is 12.0. The van der Waals surface area contributed by atoms with E-state index < -0.39 is 5.41 Å². The molecule has 0 atom stereocenters. The zero-order chi connectivity index (χ0) is 20.3. The minimum Gasteiger partial charge on any atom is -0.325 e. The Kier molecular flexibility index (Phi) is 6.31. The number of thioether (sulfide) groups is 1. The quantitative estimate of drug-likeness (QED) is 0.728. The van der Waals surface area contributed by atoms with Gasteiger partial charge in [0.2, 0.25) is 5.91 Å². The molecule has 2 aromatic rings. The van der Waals surface area contributed by atoms with E-state index in [1.54, 1.807) is 0 Å². The van der Waals surface area contributed by atoms with Crippen molar-refractivity contribution in [1.82, 2.24) is 4.90 Å². The summed E-state index contributed by atoms with van der Waals surface area (Å²) in [7, 11) is 0. The summed E-state index contributed by atoms with van der Waals surface area (Å²) in [4.78, 5) is 16.1. The molecule has 1 saturated heterocycles. The lowest BCUT2D eigenvalue weighted by Gasteiger charge is -2.30. The van der Waals surface area contributed by atoms with Gasteiger partial charge in [0.25, 0.3) is 0 Å². The fourth-order valence-electron chi connectivity index (χ4n) is 4.80. The summed E-state index contributed by atoms with van der Waals surface area (Å²) < 4.78 is 0. The number of rotatable bonds is 5. The summed E-state index contributed by atoms with van der Waals surface area (Å²) in [6.45, 7) is 7.53. The van der Waals surface area contributed by atoms with Gasteiger partial charge >= 0.3 is 0 Å². The SMILES string of the molecule is Cc1cccc(C2(C(=O)Nc3cccc(CN4CCSCC4)c3C)CCCC2)c1. The third-order valence-electron chi connectivity index (χ3n) is 6.65. The van der Waals surface area contributed by atoms with Crippen LogP contribution in [0.4, 0.5) is 5.69 Å². The molecule has 1 aliphatic heterocycles. The molecule has 2 aromatic carbocycles. The molecule has 3 nitrogen and oxygen atoms in total. The maximum Gasteiger partial charge on any atom is 0.235 e. The van der Waals surface area contributed by atoms with Crippen LogP contribution >= 0.6 is 11.8 Å². The molecule has 1 aliphatic carbocycles. The Balaban J connectivity index is 1.56. The van der Waals surface area contributed by atoms with Crippen molar-refractivity contribution in [3.63, 3.8) is 0 Å². The van der Waals surface area contributed by atoms with Crippen LogP contribution in [0.3, 0.4) is 0 Å². The monoisotopic (exact) mass is 408 g/mol. The van der Waals surface area contributed by atoms with Crippen LogP contribution < -0.4 is 5.32 Å². The normalized spacial score (nSPS) is 19.2. The Hall–Kier alpha value is -1.78. The smallest absolute Gasteiger partial charge is 0.235 e. The first-order chi connectivity index (χ1) is 14.1. The fraction of sp³-hybridized carbons (Fsp3) is 0.480. The lowest BCUT2D eigenvalue weighted by Crippen LogP contribution is -2.38. The predicted octanol–water partition coefficient (Wildman–Crippen LogP) is 5.30. The van der Waals surface area contributed by atoms with E-state index in [0.29, 0.717) is 0 Å². The molecule has 2 aliphatic rings. The van der Waals surface area contributed by atoms with Crippen molar-refractivity contribution in [1.29, 1.82) is 0 Å². The van der Waals surface area contributed by atoms with Gasteiger partial charge in [0.1, 0.15) is 0 Å². The number of nitrogens with zero attached hydrogens (tertiary/aromatic N) is 1. The van der Waals surface area contributed by atoms with Gasteiger partial charge in [0.05, 0.1) is 5.41 Å². The number of aryl methyl sites for hydroxylation is 1. The standard InChI is InChI=1S/C25H32N2OS/c1-19-7-5-9-22(17-19)25(11-3-4-12-25)24(28)26-23-10-6-8-21(20(23)2)18-27-13-15-29-16-14-27/h5-10,17H,3-4,11-16,18H2,1-2H3,(H,26,28). The van der Waals surface area contributed by atoms with E-state index in [4.69, 9.17) is 0 Å². The summed E-state index contributed by atoms with van der Waals surface area (Å²) in [5, 5.41) is 3.33. The van der Waals surface area contributed by atoms with Crippen molar-refractivity contribution in [3.8, 4) is 0 Å². The van der Waals surface area contributed by atoms with Crippen molar-refractivity contribution >= 4 is 23.4 Å². The molecule has 1 N–H and O–H groups in total. The number of carbonyl (C=O) groups excluding carboxylic acids is 1. The molecule has 4 heteroatoms. The fourth-order valence-corrected chi connectivity index (χ4v) is 5.78. The van der Waals surface area contributed by atoms with E-state index >= 15 is 0 Å². The van der Waals surface area contributed by atoms with E-state index in [-0.39, 0.29) is 5.91 Å². The molecule has 0 bridgehead atoms. The Morgan fingerprint density at radius 3 is 2.52 bits per heavy atom. The highest BCUT2D eigenvalue weighted by molar-refractivity contribution is 7.99. The highest BCUT2D eigenvalue weighted by Gasteiger charge is 2.42. The molecule has 0 radical (unpaired) electrons. The highest BCUT2D eigenvalue weighted by atomic mass is 32.2. The number of hydrogen-bond acceptors (Lipinski definition) is 3. The van der Waals surface area contributed by atoms with E-state index in [1.165, 1.54) is 33.8 Å². The van der Waals surface area contributed by atoms with Crippen LogP contribution in [0.5, 0.6) is 0 Å². The third-order valence-corrected chi connectivity index (χ3v) is 7.60. The second-order valence-electron chi connectivity index (χ2n) is 8.59. The van der Waals surface area contributed by atoms with Crippen LogP contribution in [0.25, 0.3) is 0 Å². The van der Waals surface area contributed by atoms with E-state index in [9.17, 15) is 4.79 Å². The number of nitrogens with one attached hydrogen (secondary N) is 1. The topological polar surface area (TPSA) is 32.3 Å². The average molecular weight is 409 g/mol. The van der Waals surface area contributed by atoms with Crippen molar-refractivity contribution in [3.05, 3.63) is 64.7 Å². The van der Waals surface area contributed by atoms with E-state index in [0.717, 1.165) is 51.0 Å². The second kappa shape index (κ2) is 8.93. The summed E-state index contributed by atoms with van der Waals surface area (Å²) in [5.74, 6) is 2.60. The van der Waals surface area contributed by atoms with Crippen LogP contribution in [0.2, 0.25) is 0 Å². The van der Waals surface area contributed by atoms with Crippen LogP contribution in [-0.4, -0.2) is 35.4 Å². The molecular weight excluding hydrogens is 376 g/mol. The van der Waals surface area contributed by atoms with Gasteiger partial charge in [-0.15, -0.1) is 0 Å². The van der Waals surface area contributed by atoms with Crippen molar-refractivity contribution in [2.75, 3.05) is 29.9 Å². The number of carbonyl (C=O) groups is 1. The first-order valence-electron chi connectivity index (χ1n) is 10.9. The van der Waals surface area contributed by atoms with Crippen molar-refractivity contribution < 1.29 is 4.79 Å². The van der Waals surface area contributed by atoms with Gasteiger partial charge in [-0.25, -0.2) is 0 Å². The average Bonchev–Trinajstić information content (AvgIpc) is 3.23. The Morgan fingerprint density at radius 2 is 1.79 bits per heavy atom. The second-order valence-corrected chi connectivity index (χ2v) is 9.82. The van der Waals surface area contributed by atoms with Gasteiger partial charge in [-0.2, -0.15) is 11.8 Å². The zero-order valence-corrected chi connectivity index (χ0v) is 18.5. The van der Waals surface area contributed by atoms with Crippen LogP contribution in [-0.2, 0) is 16.8 Å². The maximum atomic E-state index is 13.6. The first kappa shape index (κ1) is 20.5. The lowest BCUT2D eigenvalue weighted by atomic mass is 9.77. The van der Waals surface area contributed by atoms with Gasteiger partial charge < -0.3 is 5.32 Å². The molecule has 2 fully saturated rings. The summed E-state index contributed by atoms with van der Waals surface area (Å²) in [6.07, 6.45) is 4.11. The minimum absolute atomic E-state index is 0.162. The number of amides is 1. The van der Waals surface area contributed by atoms with Gasteiger partial charge in [-0.1, -0.05) is 54.8 Å². The molecule has 0 spiro atoms. The van der Waals surface area contributed by atoms with E-state index in [2.05, 4.69) is 66.5 Å². The number of hydrogen-bond donors (Lipinski definition) is 1. The maximum absolute atomic E-state index is 13.6. The van der Waals surface area contributed by atoms with Crippen LogP contribution in [0, 0.1) is 13.8 Å². The zero-order valence-electron chi connectivity index (χ0n) is 17.7. The predicted molar refractivity (Wildman–Crippen MR) is 124 cm³/mol. The lowest BCUT2D eigenvalue weighted by molar-refractivity contribution is -0.121. The van der Waals surface area contributed by atoms with Crippen molar-refractivity contribution in [2.45, 2.75) is 51.5 Å². The molecular formula is C25H32N2OS. The van der Waals surface area contributed by atoms with Gasteiger partial charge in [0, 0.05) is 36.8 Å². The molecule has 0 unspecified atom stereocenters. The Labute approximate surface area is 179 Å². The summed E-state index contributed by atoms with van der Waals surface area (Å²) in [6, 6.07) is 14.9. The molecule has 154 valence electrons. The van der Waals surface area contributed by atoms with E-state index in [1.807, 2.05) is 11.8 Å². The van der Waals surface area contributed by atoms with Crippen LogP contribution in [0.15, 0.2) is 42.5 Å². The van der Waals surface area contributed by atoms with Crippen molar-refractivity contribution in [2.24, 2.45) is 0 Å². The van der Waals surface area contributed by atoms with Gasteiger partial charge in [-0.05, 0) is 49.4 Å². The highest BCUT2D eigenvalue weighted by Crippen LogP contribution is 2.42. The van der Waals surface area contributed by atoms with Gasteiger partial charge in [-0.3, -0.25) is 9.69 Å². The molecule has 29 heavy (non-hydrogen) atoms. The van der Waals surface area contributed by atoms with Crippen LogP contribution in [0.1, 0.15) is 47.9 Å². The van der Waals surface area contributed by atoms with Gasteiger partial charge in [0.15, 0.2) is 0 Å². The third kappa shape index (κ3) is 4.39. The molecule has 1 saturated carbocycles. The molecule has 4 rings (SSSR count). The Morgan fingerprint density at radius 1 is 1.07 bits per heavy atom. The number of anilines is 1. The minimum atomic E-state index is -0.390. The summed E-state index contributed by atoms with van der Waals surface area (Å²) >= 11 is 2.04. The largest absolute Gasteiger partial charge is 0.325 e.